The van der Waals surface area contributed by atoms with Crippen molar-refractivity contribution in [3.05, 3.63) is 12.2 Å². The largest absolute Gasteiger partial charge is 0.413 e. The lowest BCUT2D eigenvalue weighted by Crippen LogP contribution is -2.40. The molecule has 13 heavy (non-hydrogen) atoms. The van der Waals surface area contributed by atoms with Gasteiger partial charge in [0, 0.05) is 6.54 Å². The van der Waals surface area contributed by atoms with E-state index < -0.39 is 8.32 Å². The number of nitrogens with two attached hydrogens (primary N) is 1. The Morgan fingerprint density at radius 1 is 1.23 bits per heavy atom. The van der Waals surface area contributed by atoms with Crippen molar-refractivity contribution in [2.45, 2.75) is 38.9 Å². The minimum atomic E-state index is -1.55. The highest BCUT2D eigenvalue weighted by atomic mass is 28.4. The molecule has 78 valence electrons. The molecule has 0 aliphatic heterocycles. The first-order valence-electron chi connectivity index (χ1n) is 4.80. The summed E-state index contributed by atoms with van der Waals surface area (Å²) in [5.41, 5.74) is 5.33. The van der Waals surface area contributed by atoms with E-state index in [0.29, 0.717) is 18.2 Å². The van der Waals surface area contributed by atoms with E-state index in [0.717, 1.165) is 0 Å². The van der Waals surface area contributed by atoms with Crippen LogP contribution in [0.1, 0.15) is 20.8 Å². The smallest absolute Gasteiger partial charge is 0.192 e. The van der Waals surface area contributed by atoms with Crippen molar-refractivity contribution < 1.29 is 4.43 Å². The Balaban J connectivity index is 3.97. The van der Waals surface area contributed by atoms with Crippen LogP contribution in [0.25, 0.3) is 0 Å². The fourth-order valence-corrected chi connectivity index (χ4v) is 1.58. The summed E-state index contributed by atoms with van der Waals surface area (Å²) in [6.07, 6.45) is 3.94. The number of hydrogen-bond donors (Lipinski definition) is 1. The van der Waals surface area contributed by atoms with Crippen LogP contribution in [-0.2, 0) is 4.43 Å². The standard InChI is InChI=1S/C10H23NOSi/c1-10(2,3)13(4,5)12-9-7-6-8-11/h6-7H,8-9,11H2,1-5H3/b7-6+. The van der Waals surface area contributed by atoms with Crippen molar-refractivity contribution >= 4 is 8.32 Å². The Hall–Kier alpha value is -0.123. The van der Waals surface area contributed by atoms with E-state index in [1.807, 2.05) is 12.2 Å². The molecule has 0 saturated carbocycles. The lowest BCUT2D eigenvalue weighted by molar-refractivity contribution is 0.328. The van der Waals surface area contributed by atoms with Gasteiger partial charge in [0.05, 0.1) is 6.61 Å². The van der Waals surface area contributed by atoms with Gasteiger partial charge in [-0.2, -0.15) is 0 Å². The van der Waals surface area contributed by atoms with Gasteiger partial charge in [0.15, 0.2) is 8.32 Å². The van der Waals surface area contributed by atoms with E-state index >= 15 is 0 Å². The summed E-state index contributed by atoms with van der Waals surface area (Å²) < 4.78 is 5.89. The molecule has 0 unspecified atom stereocenters. The molecule has 0 saturated heterocycles. The third kappa shape index (κ3) is 4.60. The Morgan fingerprint density at radius 3 is 2.15 bits per heavy atom. The van der Waals surface area contributed by atoms with Crippen molar-refractivity contribution in [3.63, 3.8) is 0 Å². The molecule has 0 atom stereocenters. The van der Waals surface area contributed by atoms with Crippen molar-refractivity contribution in [2.24, 2.45) is 5.73 Å². The molecule has 0 heterocycles. The zero-order valence-corrected chi connectivity index (χ0v) is 10.6. The fraction of sp³-hybridized carbons (Fsp3) is 0.800. The molecule has 0 fully saturated rings. The van der Waals surface area contributed by atoms with E-state index in [1.54, 1.807) is 0 Å². The summed E-state index contributed by atoms with van der Waals surface area (Å²) in [4.78, 5) is 0. The van der Waals surface area contributed by atoms with E-state index in [9.17, 15) is 0 Å². The summed E-state index contributed by atoms with van der Waals surface area (Å²) in [7, 11) is -1.55. The van der Waals surface area contributed by atoms with Gasteiger partial charge >= 0.3 is 0 Å². The van der Waals surface area contributed by atoms with E-state index in [-0.39, 0.29) is 0 Å². The van der Waals surface area contributed by atoms with Crippen LogP contribution in [0.15, 0.2) is 12.2 Å². The molecule has 2 N–H and O–H groups in total. The summed E-state index contributed by atoms with van der Waals surface area (Å²) in [5.74, 6) is 0. The maximum absolute atomic E-state index is 5.89. The molecule has 2 nitrogen and oxygen atoms in total. The van der Waals surface area contributed by atoms with Gasteiger partial charge in [-0.15, -0.1) is 0 Å². The molecule has 0 aromatic heterocycles. The van der Waals surface area contributed by atoms with Crippen LogP contribution in [0, 0.1) is 0 Å². The lowest BCUT2D eigenvalue weighted by Gasteiger charge is -2.35. The topological polar surface area (TPSA) is 35.2 Å². The first-order valence-corrected chi connectivity index (χ1v) is 7.71. The average molecular weight is 201 g/mol. The van der Waals surface area contributed by atoms with Gasteiger partial charge in [0.1, 0.15) is 0 Å². The summed E-state index contributed by atoms with van der Waals surface area (Å²) >= 11 is 0. The molecule has 0 rings (SSSR count). The first-order chi connectivity index (χ1) is 5.81. The van der Waals surface area contributed by atoms with Crippen LogP contribution in [-0.4, -0.2) is 21.5 Å². The minimum Gasteiger partial charge on any atom is -0.413 e. The van der Waals surface area contributed by atoms with Gasteiger partial charge in [0.25, 0.3) is 0 Å². The molecule has 3 heteroatoms. The van der Waals surface area contributed by atoms with Gasteiger partial charge in [-0.25, -0.2) is 0 Å². The minimum absolute atomic E-state index is 0.295. The van der Waals surface area contributed by atoms with Crippen LogP contribution in [0.4, 0.5) is 0 Å². The average Bonchev–Trinajstić information content (AvgIpc) is 1.96. The second-order valence-electron chi connectivity index (χ2n) is 4.78. The van der Waals surface area contributed by atoms with E-state index in [4.69, 9.17) is 10.2 Å². The molecule has 0 spiro atoms. The first kappa shape index (κ1) is 12.9. The van der Waals surface area contributed by atoms with Gasteiger partial charge in [-0.05, 0) is 18.1 Å². The zero-order chi connectivity index (χ0) is 10.5. The SMILES string of the molecule is CC(C)(C)[Si](C)(C)OC/C=C/CN. The summed E-state index contributed by atoms with van der Waals surface area (Å²) in [6, 6.07) is 0. The van der Waals surface area contributed by atoms with Gasteiger partial charge < -0.3 is 10.2 Å². The summed E-state index contributed by atoms with van der Waals surface area (Å²) in [5, 5.41) is 0.295. The van der Waals surface area contributed by atoms with Gasteiger partial charge in [0.2, 0.25) is 0 Å². The molecule has 0 bridgehead atoms. The van der Waals surface area contributed by atoms with Crippen LogP contribution in [0.3, 0.4) is 0 Å². The van der Waals surface area contributed by atoms with Crippen molar-refractivity contribution in [3.8, 4) is 0 Å². The van der Waals surface area contributed by atoms with Crippen LogP contribution >= 0.6 is 0 Å². The second-order valence-corrected chi connectivity index (χ2v) is 9.59. The highest BCUT2D eigenvalue weighted by molar-refractivity contribution is 6.74. The molecular formula is C10H23NOSi. The Morgan fingerprint density at radius 2 is 1.77 bits per heavy atom. The normalized spacial score (nSPS) is 14.0. The van der Waals surface area contributed by atoms with Crippen LogP contribution < -0.4 is 5.73 Å². The monoisotopic (exact) mass is 201 g/mol. The van der Waals surface area contributed by atoms with E-state index in [1.165, 1.54) is 0 Å². The van der Waals surface area contributed by atoms with Gasteiger partial charge in [-0.3, -0.25) is 0 Å². The Bertz CT molecular complexity index is 170. The Kier molecular flexibility index (Phi) is 4.89. The predicted octanol–water partition coefficient (Wildman–Crippen LogP) is 2.52. The molecule has 0 aliphatic rings. The number of hydrogen-bond acceptors (Lipinski definition) is 2. The molecule has 0 aromatic rings. The fourth-order valence-electron chi connectivity index (χ4n) is 0.637. The quantitative estimate of drug-likeness (QED) is 0.560. The molecule has 0 amide bonds. The van der Waals surface area contributed by atoms with E-state index in [2.05, 4.69) is 33.9 Å². The molecule has 0 radical (unpaired) electrons. The van der Waals surface area contributed by atoms with Crippen LogP contribution in [0.5, 0.6) is 0 Å². The maximum atomic E-state index is 5.89. The van der Waals surface area contributed by atoms with Crippen LogP contribution in [0.2, 0.25) is 18.1 Å². The lowest BCUT2D eigenvalue weighted by atomic mass is 10.2. The number of rotatable bonds is 4. The third-order valence-electron chi connectivity index (χ3n) is 2.65. The Labute approximate surface area is 83.3 Å². The summed E-state index contributed by atoms with van der Waals surface area (Å²) in [6.45, 7) is 12.5. The maximum Gasteiger partial charge on any atom is 0.192 e. The predicted molar refractivity (Wildman–Crippen MR) is 61.3 cm³/mol. The second kappa shape index (κ2) is 4.93. The zero-order valence-electron chi connectivity index (χ0n) is 9.55. The molecule has 0 aromatic carbocycles. The van der Waals surface area contributed by atoms with Crippen molar-refractivity contribution in [1.29, 1.82) is 0 Å². The van der Waals surface area contributed by atoms with Crippen molar-refractivity contribution in [1.82, 2.24) is 0 Å². The molecule has 0 aliphatic carbocycles. The van der Waals surface area contributed by atoms with Gasteiger partial charge in [-0.1, -0.05) is 32.9 Å². The van der Waals surface area contributed by atoms with Crippen molar-refractivity contribution in [2.75, 3.05) is 13.2 Å². The molecular weight excluding hydrogens is 178 g/mol. The highest BCUT2D eigenvalue weighted by Gasteiger charge is 2.36. The highest BCUT2D eigenvalue weighted by Crippen LogP contribution is 2.36. The third-order valence-corrected chi connectivity index (χ3v) is 7.15.